The lowest BCUT2D eigenvalue weighted by molar-refractivity contribution is 0.386. The summed E-state index contributed by atoms with van der Waals surface area (Å²) in [4.78, 5) is 0. The summed E-state index contributed by atoms with van der Waals surface area (Å²) in [6, 6.07) is 0. The first kappa shape index (κ1) is 34.1. The summed E-state index contributed by atoms with van der Waals surface area (Å²) in [6.07, 6.45) is 21.0. The Bertz CT molecular complexity index is 899. The van der Waals surface area contributed by atoms with E-state index in [1.807, 2.05) is 20.8 Å². The third-order valence-electron chi connectivity index (χ3n) is 7.36. The standard InChI is InChI=1S/C27H36O3.3C3H6/c1-16-7-4-10-19(13-16)22-25(28)23(20-11-5-8-17(2)14-20)27(30)24(26(22)29)21-12-6-9-18(3)15-21;3*1-3-2/h13-15,19-21,28-30H,4-12H2,1-3H3;3*3H,1H2,2H3. The fourth-order valence-electron chi connectivity index (χ4n) is 5.84. The monoisotopic (exact) mass is 534 g/mol. The third kappa shape index (κ3) is 9.64. The second kappa shape index (κ2) is 17.6. The Balaban J connectivity index is 0.000000747. The van der Waals surface area contributed by atoms with Crippen molar-refractivity contribution < 1.29 is 15.3 Å². The summed E-state index contributed by atoms with van der Waals surface area (Å²) in [7, 11) is 0. The van der Waals surface area contributed by atoms with Crippen molar-refractivity contribution in [2.45, 2.75) is 117 Å². The minimum absolute atomic E-state index is 0.000755. The van der Waals surface area contributed by atoms with E-state index >= 15 is 0 Å². The summed E-state index contributed by atoms with van der Waals surface area (Å²) in [5, 5.41) is 34.2. The van der Waals surface area contributed by atoms with Crippen molar-refractivity contribution in [1.29, 1.82) is 0 Å². The lowest BCUT2D eigenvalue weighted by Gasteiger charge is -2.31. The van der Waals surface area contributed by atoms with Gasteiger partial charge in [-0.1, -0.05) is 53.2 Å². The highest BCUT2D eigenvalue weighted by atomic mass is 16.3. The number of phenols is 3. The Morgan fingerprint density at radius 1 is 0.538 bits per heavy atom. The number of hydrogen-bond donors (Lipinski definition) is 3. The molecule has 0 aromatic heterocycles. The Morgan fingerprint density at radius 2 is 0.744 bits per heavy atom. The zero-order valence-corrected chi connectivity index (χ0v) is 25.5. The summed E-state index contributed by atoms with van der Waals surface area (Å²) >= 11 is 0. The van der Waals surface area contributed by atoms with Gasteiger partial charge in [0.05, 0.1) is 0 Å². The molecule has 0 radical (unpaired) electrons. The molecule has 3 unspecified atom stereocenters. The molecule has 3 nitrogen and oxygen atoms in total. The Hall–Kier alpha value is -2.94. The molecule has 3 heteroatoms. The van der Waals surface area contributed by atoms with Crippen molar-refractivity contribution in [3.8, 4) is 17.2 Å². The molecule has 0 heterocycles. The fourth-order valence-corrected chi connectivity index (χ4v) is 5.84. The molecule has 4 rings (SSSR count). The van der Waals surface area contributed by atoms with Crippen LogP contribution in [0.25, 0.3) is 0 Å². The van der Waals surface area contributed by atoms with Crippen LogP contribution in [0.5, 0.6) is 17.2 Å². The molecule has 0 saturated carbocycles. The van der Waals surface area contributed by atoms with Crippen molar-refractivity contribution >= 4 is 0 Å². The lowest BCUT2D eigenvalue weighted by Crippen LogP contribution is -2.11. The van der Waals surface area contributed by atoms with E-state index in [4.69, 9.17) is 0 Å². The predicted molar refractivity (Wildman–Crippen MR) is 170 cm³/mol. The molecule has 0 spiro atoms. The van der Waals surface area contributed by atoms with Crippen LogP contribution in [0.3, 0.4) is 0 Å². The first-order valence-electron chi connectivity index (χ1n) is 14.6. The van der Waals surface area contributed by atoms with Gasteiger partial charge >= 0.3 is 0 Å². The number of aromatic hydroxyl groups is 3. The second-order valence-corrected chi connectivity index (χ2v) is 11.0. The third-order valence-corrected chi connectivity index (χ3v) is 7.36. The highest BCUT2D eigenvalue weighted by Crippen LogP contribution is 2.55. The molecule has 3 atom stereocenters. The van der Waals surface area contributed by atoms with E-state index in [1.165, 1.54) is 16.7 Å². The van der Waals surface area contributed by atoms with Gasteiger partial charge in [0.15, 0.2) is 0 Å². The van der Waals surface area contributed by atoms with Gasteiger partial charge in [-0.3, -0.25) is 0 Å². The minimum Gasteiger partial charge on any atom is -0.507 e. The van der Waals surface area contributed by atoms with E-state index in [9.17, 15) is 15.3 Å². The van der Waals surface area contributed by atoms with Crippen LogP contribution in [0.1, 0.15) is 134 Å². The maximum absolute atomic E-state index is 11.4. The van der Waals surface area contributed by atoms with Crippen LogP contribution in [-0.4, -0.2) is 15.3 Å². The van der Waals surface area contributed by atoms with Crippen molar-refractivity contribution in [2.75, 3.05) is 0 Å². The highest BCUT2D eigenvalue weighted by Gasteiger charge is 2.34. The summed E-state index contributed by atoms with van der Waals surface area (Å²) in [5.74, 6) is 0.323. The molecule has 3 N–H and O–H groups in total. The number of benzene rings is 1. The molecule has 0 fully saturated rings. The van der Waals surface area contributed by atoms with Crippen LogP contribution in [0.4, 0.5) is 0 Å². The Labute approximate surface area is 239 Å². The molecular formula is C36H54O3. The molecule has 0 amide bonds. The largest absolute Gasteiger partial charge is 0.507 e. The first-order chi connectivity index (χ1) is 18.6. The topological polar surface area (TPSA) is 60.7 Å². The predicted octanol–water partition coefficient (Wildman–Crippen LogP) is 11.0. The van der Waals surface area contributed by atoms with E-state index in [0.29, 0.717) is 16.7 Å². The number of hydrogen-bond acceptors (Lipinski definition) is 3. The molecule has 1 aromatic rings. The van der Waals surface area contributed by atoms with Crippen molar-refractivity contribution in [2.24, 2.45) is 0 Å². The van der Waals surface area contributed by atoms with Crippen LogP contribution in [0.2, 0.25) is 0 Å². The van der Waals surface area contributed by atoms with Crippen LogP contribution < -0.4 is 0 Å². The molecule has 216 valence electrons. The molecule has 0 aliphatic heterocycles. The summed E-state index contributed by atoms with van der Waals surface area (Å²) in [5.41, 5.74) is 5.81. The number of allylic oxidation sites excluding steroid dienone is 9. The second-order valence-electron chi connectivity index (χ2n) is 11.0. The van der Waals surface area contributed by atoms with Gasteiger partial charge in [-0.15, -0.1) is 19.7 Å². The van der Waals surface area contributed by atoms with E-state index in [1.54, 1.807) is 18.2 Å². The van der Waals surface area contributed by atoms with E-state index in [2.05, 4.69) is 58.7 Å². The zero-order valence-electron chi connectivity index (χ0n) is 25.5. The van der Waals surface area contributed by atoms with Crippen LogP contribution in [0, 0.1) is 0 Å². The van der Waals surface area contributed by atoms with Gasteiger partial charge in [-0.2, -0.15) is 0 Å². The fraction of sp³-hybridized carbons (Fsp3) is 0.500. The van der Waals surface area contributed by atoms with Crippen LogP contribution >= 0.6 is 0 Å². The molecule has 3 aliphatic carbocycles. The SMILES string of the molecule is C=CC.C=CC.C=CC.CC1=CC(c2c(O)c(C3C=C(C)CCC3)c(O)c(C3C=C(C)CCC3)c2O)CCC1. The van der Waals surface area contributed by atoms with Crippen molar-refractivity contribution in [3.05, 3.63) is 89.6 Å². The highest BCUT2D eigenvalue weighted by molar-refractivity contribution is 5.66. The molecule has 3 aliphatic rings. The van der Waals surface area contributed by atoms with Gasteiger partial charge in [0.1, 0.15) is 17.2 Å². The smallest absolute Gasteiger partial charge is 0.130 e. The van der Waals surface area contributed by atoms with E-state index in [0.717, 1.165) is 57.8 Å². The van der Waals surface area contributed by atoms with Gasteiger partial charge in [0.2, 0.25) is 0 Å². The van der Waals surface area contributed by atoms with Crippen LogP contribution in [0.15, 0.2) is 72.9 Å². The first-order valence-corrected chi connectivity index (χ1v) is 14.6. The Morgan fingerprint density at radius 3 is 0.923 bits per heavy atom. The quantitative estimate of drug-likeness (QED) is 0.338. The number of rotatable bonds is 3. The van der Waals surface area contributed by atoms with Crippen LogP contribution in [-0.2, 0) is 0 Å². The number of phenolic OH excluding ortho intramolecular Hbond substituents is 3. The molecule has 0 bridgehead atoms. The zero-order chi connectivity index (χ0) is 29.5. The average Bonchev–Trinajstić information content (AvgIpc) is 2.86. The van der Waals surface area contributed by atoms with E-state index in [-0.39, 0.29) is 35.0 Å². The average molecular weight is 535 g/mol. The van der Waals surface area contributed by atoms with E-state index < -0.39 is 0 Å². The maximum atomic E-state index is 11.4. The van der Waals surface area contributed by atoms with Gasteiger partial charge in [-0.25, -0.2) is 0 Å². The molecule has 1 aromatic carbocycles. The molecular weight excluding hydrogens is 480 g/mol. The molecule has 39 heavy (non-hydrogen) atoms. The minimum atomic E-state index is -0.000755. The Kier molecular flexibility index (Phi) is 15.4. The van der Waals surface area contributed by atoms with Gasteiger partial charge in [0, 0.05) is 34.4 Å². The van der Waals surface area contributed by atoms with Crippen molar-refractivity contribution in [1.82, 2.24) is 0 Å². The van der Waals surface area contributed by atoms with Gasteiger partial charge in [0.25, 0.3) is 0 Å². The van der Waals surface area contributed by atoms with Gasteiger partial charge in [-0.05, 0) is 99.3 Å². The lowest BCUT2D eigenvalue weighted by atomic mass is 9.76. The maximum Gasteiger partial charge on any atom is 0.130 e. The normalized spacial score (nSPS) is 22.0. The molecule has 0 saturated heterocycles. The van der Waals surface area contributed by atoms with Gasteiger partial charge < -0.3 is 15.3 Å². The van der Waals surface area contributed by atoms with Crippen molar-refractivity contribution in [3.63, 3.8) is 0 Å². The summed E-state index contributed by atoms with van der Waals surface area (Å²) < 4.78 is 0. The summed E-state index contributed by atoms with van der Waals surface area (Å²) in [6.45, 7) is 22.1.